The maximum Gasteiger partial charge on any atom is 0.0204 e. The van der Waals surface area contributed by atoms with Crippen LogP contribution in [0.3, 0.4) is 0 Å². The molecule has 4 atom stereocenters. The smallest absolute Gasteiger partial charge is 0.0204 e. The van der Waals surface area contributed by atoms with Crippen LogP contribution >= 0.6 is 0 Å². The number of nitrogens with zero attached hydrogens (tertiary/aromatic N) is 1. The van der Waals surface area contributed by atoms with Gasteiger partial charge in [0, 0.05) is 25.2 Å². The van der Waals surface area contributed by atoms with Crippen molar-refractivity contribution in [3.05, 3.63) is 0 Å². The summed E-state index contributed by atoms with van der Waals surface area (Å²) >= 11 is 0. The van der Waals surface area contributed by atoms with Crippen molar-refractivity contribution in [3.8, 4) is 0 Å². The Labute approximate surface area is 106 Å². The van der Waals surface area contributed by atoms with Crippen molar-refractivity contribution >= 4 is 0 Å². The Kier molecular flexibility index (Phi) is 2.61. The standard InChI is InChI=1S/C15H28N2/c1-14(2)11-5-7-15(3,9-11)13(14)17-8-6-12(10-17)16-4/h11-13,16H,5-10H2,1-4H3. The zero-order valence-corrected chi connectivity index (χ0v) is 11.9. The monoisotopic (exact) mass is 236 g/mol. The molecule has 1 N–H and O–H groups in total. The summed E-state index contributed by atoms with van der Waals surface area (Å²) in [4.78, 5) is 2.81. The van der Waals surface area contributed by atoms with Crippen LogP contribution in [0.25, 0.3) is 0 Å². The molecule has 0 aromatic rings. The summed E-state index contributed by atoms with van der Waals surface area (Å²) in [7, 11) is 2.11. The molecule has 2 nitrogen and oxygen atoms in total. The van der Waals surface area contributed by atoms with Gasteiger partial charge in [-0.1, -0.05) is 20.8 Å². The van der Waals surface area contributed by atoms with Gasteiger partial charge < -0.3 is 5.32 Å². The Bertz CT molecular complexity index is 307. The molecule has 4 unspecified atom stereocenters. The van der Waals surface area contributed by atoms with Gasteiger partial charge in [-0.05, 0) is 49.5 Å². The fraction of sp³-hybridized carbons (Fsp3) is 1.00. The molecule has 0 amide bonds. The van der Waals surface area contributed by atoms with Crippen LogP contribution in [-0.2, 0) is 0 Å². The minimum Gasteiger partial charge on any atom is -0.316 e. The van der Waals surface area contributed by atoms with Gasteiger partial charge in [0.1, 0.15) is 0 Å². The van der Waals surface area contributed by atoms with Gasteiger partial charge in [-0.3, -0.25) is 4.90 Å². The molecular formula is C15H28N2. The molecule has 1 aliphatic heterocycles. The summed E-state index contributed by atoms with van der Waals surface area (Å²) in [6, 6.07) is 1.56. The average molecular weight is 236 g/mol. The van der Waals surface area contributed by atoms with Crippen molar-refractivity contribution in [1.82, 2.24) is 10.2 Å². The summed E-state index contributed by atoms with van der Waals surface area (Å²) in [6.45, 7) is 10.2. The highest BCUT2D eigenvalue weighted by atomic mass is 15.2. The van der Waals surface area contributed by atoms with Crippen LogP contribution in [0.4, 0.5) is 0 Å². The topological polar surface area (TPSA) is 15.3 Å². The first kappa shape index (κ1) is 12.0. The predicted molar refractivity (Wildman–Crippen MR) is 72.1 cm³/mol. The minimum absolute atomic E-state index is 0.537. The van der Waals surface area contributed by atoms with Gasteiger partial charge in [0.25, 0.3) is 0 Å². The van der Waals surface area contributed by atoms with Crippen LogP contribution < -0.4 is 5.32 Å². The van der Waals surface area contributed by atoms with E-state index in [1.807, 2.05) is 0 Å². The van der Waals surface area contributed by atoms with Gasteiger partial charge >= 0.3 is 0 Å². The molecule has 2 aliphatic carbocycles. The van der Waals surface area contributed by atoms with Crippen molar-refractivity contribution in [2.75, 3.05) is 20.1 Å². The molecule has 2 bridgehead atoms. The first-order valence-electron chi connectivity index (χ1n) is 7.39. The highest BCUT2D eigenvalue weighted by molar-refractivity contribution is 5.13. The molecule has 98 valence electrons. The molecule has 0 aromatic heterocycles. The normalized spacial score (nSPS) is 49.1. The molecule has 1 heterocycles. The van der Waals surface area contributed by atoms with E-state index in [0.717, 1.165) is 18.0 Å². The second-order valence-electron chi connectivity index (χ2n) is 7.59. The van der Waals surface area contributed by atoms with Gasteiger partial charge in [-0.15, -0.1) is 0 Å². The number of fused-ring (bicyclic) bond motifs is 2. The summed E-state index contributed by atoms with van der Waals surface area (Å²) in [5.74, 6) is 0.978. The lowest BCUT2D eigenvalue weighted by Crippen LogP contribution is -2.52. The minimum atomic E-state index is 0.537. The molecule has 17 heavy (non-hydrogen) atoms. The third-order valence-electron chi connectivity index (χ3n) is 6.19. The molecule has 0 aromatic carbocycles. The van der Waals surface area contributed by atoms with Crippen LogP contribution in [0.15, 0.2) is 0 Å². The SMILES string of the molecule is CNC1CCN(C2C3(C)CCC(C3)C2(C)C)C1. The quantitative estimate of drug-likeness (QED) is 0.792. The van der Waals surface area contributed by atoms with E-state index in [1.165, 1.54) is 38.8 Å². The number of hydrogen-bond acceptors (Lipinski definition) is 2. The highest BCUT2D eigenvalue weighted by Crippen LogP contribution is 2.64. The molecule has 2 heteroatoms. The Hall–Kier alpha value is -0.0800. The third kappa shape index (κ3) is 1.60. The first-order chi connectivity index (χ1) is 7.97. The molecular weight excluding hydrogens is 208 g/mol. The van der Waals surface area contributed by atoms with Gasteiger partial charge in [0.2, 0.25) is 0 Å². The van der Waals surface area contributed by atoms with Crippen LogP contribution in [-0.4, -0.2) is 37.1 Å². The summed E-state index contributed by atoms with van der Waals surface area (Å²) in [5.41, 5.74) is 1.15. The Balaban J connectivity index is 1.83. The van der Waals surface area contributed by atoms with Crippen molar-refractivity contribution in [2.45, 2.75) is 58.5 Å². The molecule has 2 saturated carbocycles. The number of likely N-dealkylation sites (N-methyl/N-ethyl adjacent to an activating group) is 1. The Morgan fingerprint density at radius 3 is 2.47 bits per heavy atom. The average Bonchev–Trinajstić information content (AvgIpc) is 2.88. The summed E-state index contributed by atoms with van der Waals surface area (Å²) in [5, 5.41) is 3.46. The van der Waals surface area contributed by atoms with Crippen LogP contribution in [0.5, 0.6) is 0 Å². The predicted octanol–water partition coefficient (Wildman–Crippen LogP) is 2.49. The molecule has 0 radical (unpaired) electrons. The number of nitrogens with one attached hydrogen (secondary N) is 1. The van der Waals surface area contributed by atoms with Crippen molar-refractivity contribution in [1.29, 1.82) is 0 Å². The van der Waals surface area contributed by atoms with Gasteiger partial charge in [0.15, 0.2) is 0 Å². The second-order valence-corrected chi connectivity index (χ2v) is 7.59. The maximum absolute atomic E-state index is 3.46. The van der Waals surface area contributed by atoms with Crippen molar-refractivity contribution in [3.63, 3.8) is 0 Å². The maximum atomic E-state index is 3.46. The fourth-order valence-electron chi connectivity index (χ4n) is 5.44. The van der Waals surface area contributed by atoms with E-state index in [2.05, 4.69) is 38.0 Å². The zero-order chi connectivity index (χ0) is 12.3. The summed E-state index contributed by atoms with van der Waals surface area (Å²) in [6.07, 6.45) is 5.75. The lowest BCUT2D eigenvalue weighted by molar-refractivity contribution is 0.0169. The highest BCUT2D eigenvalue weighted by Gasteiger charge is 2.61. The van der Waals surface area contributed by atoms with Crippen LogP contribution in [0.1, 0.15) is 46.5 Å². The van der Waals surface area contributed by atoms with Crippen molar-refractivity contribution < 1.29 is 0 Å². The van der Waals surface area contributed by atoms with E-state index >= 15 is 0 Å². The Morgan fingerprint density at radius 1 is 1.18 bits per heavy atom. The van der Waals surface area contributed by atoms with Crippen LogP contribution in [0, 0.1) is 16.7 Å². The number of rotatable bonds is 2. The van der Waals surface area contributed by atoms with E-state index in [4.69, 9.17) is 0 Å². The largest absolute Gasteiger partial charge is 0.316 e. The third-order valence-corrected chi connectivity index (χ3v) is 6.19. The fourth-order valence-corrected chi connectivity index (χ4v) is 5.44. The van der Waals surface area contributed by atoms with Gasteiger partial charge in [-0.2, -0.15) is 0 Å². The van der Waals surface area contributed by atoms with Gasteiger partial charge in [-0.25, -0.2) is 0 Å². The van der Waals surface area contributed by atoms with E-state index in [-0.39, 0.29) is 0 Å². The lowest BCUT2D eigenvalue weighted by Gasteiger charge is -2.47. The molecule has 3 fully saturated rings. The molecule has 0 spiro atoms. The molecule has 3 aliphatic rings. The second kappa shape index (κ2) is 3.71. The van der Waals surface area contributed by atoms with Crippen molar-refractivity contribution in [2.24, 2.45) is 16.7 Å². The Morgan fingerprint density at radius 2 is 1.94 bits per heavy atom. The van der Waals surface area contributed by atoms with E-state index in [0.29, 0.717) is 10.8 Å². The molecule has 1 saturated heterocycles. The molecule has 3 rings (SSSR count). The van der Waals surface area contributed by atoms with Crippen LogP contribution in [0.2, 0.25) is 0 Å². The summed E-state index contributed by atoms with van der Waals surface area (Å²) < 4.78 is 0. The number of hydrogen-bond donors (Lipinski definition) is 1. The lowest BCUT2D eigenvalue weighted by atomic mass is 9.68. The number of likely N-dealkylation sites (tertiary alicyclic amines) is 1. The van der Waals surface area contributed by atoms with E-state index in [1.54, 1.807) is 0 Å². The van der Waals surface area contributed by atoms with E-state index in [9.17, 15) is 0 Å². The first-order valence-corrected chi connectivity index (χ1v) is 7.39. The van der Waals surface area contributed by atoms with Gasteiger partial charge in [0.05, 0.1) is 0 Å². The zero-order valence-electron chi connectivity index (χ0n) is 11.9. The van der Waals surface area contributed by atoms with E-state index < -0.39 is 0 Å².